The van der Waals surface area contributed by atoms with Crippen LogP contribution in [0.4, 0.5) is 52.6 Å². The van der Waals surface area contributed by atoms with Gasteiger partial charge in [0.05, 0.1) is 29.5 Å². The normalized spacial score (nSPS) is 18.2. The van der Waals surface area contributed by atoms with Crippen molar-refractivity contribution in [2.45, 2.75) is 113 Å². The van der Waals surface area contributed by atoms with Crippen molar-refractivity contribution in [3.63, 3.8) is 0 Å². The number of ether oxygens (including phenoxy) is 2. The third kappa shape index (κ3) is 17.5. The molecule has 0 saturated carbocycles. The van der Waals surface area contributed by atoms with Gasteiger partial charge in [0.25, 0.3) is 5.91 Å². The van der Waals surface area contributed by atoms with Crippen LogP contribution in [0.3, 0.4) is 0 Å². The highest BCUT2D eigenvalue weighted by molar-refractivity contribution is 5.95. The van der Waals surface area contributed by atoms with Crippen LogP contribution in [-0.2, 0) is 53.6 Å². The van der Waals surface area contributed by atoms with Gasteiger partial charge in [-0.3, -0.25) is 24.1 Å². The van der Waals surface area contributed by atoms with Crippen molar-refractivity contribution in [1.82, 2.24) is 24.5 Å². The van der Waals surface area contributed by atoms with Gasteiger partial charge in [0, 0.05) is 114 Å². The summed E-state index contributed by atoms with van der Waals surface area (Å²) in [4.78, 5) is 78.6. The van der Waals surface area contributed by atoms with Gasteiger partial charge in [-0.2, -0.15) is 26.3 Å². The number of carboxylic acid groups (broad SMARTS) is 1. The first-order valence-electron chi connectivity index (χ1n) is 33.3. The van der Waals surface area contributed by atoms with Crippen LogP contribution in [0.25, 0.3) is 11.1 Å². The number of nitrogens with zero attached hydrogens (tertiary/aromatic N) is 7. The first-order valence-corrected chi connectivity index (χ1v) is 33.3. The Hall–Kier alpha value is -8.38. The number of anilines is 3. The van der Waals surface area contributed by atoms with Gasteiger partial charge in [0.15, 0.2) is 0 Å². The lowest BCUT2D eigenvalue weighted by Crippen LogP contribution is -2.50. The second-order valence-electron chi connectivity index (χ2n) is 26.1. The minimum absolute atomic E-state index is 0.0300. The summed E-state index contributed by atoms with van der Waals surface area (Å²) >= 11 is 0. The zero-order chi connectivity index (χ0) is 69.1. The number of fused-ring (bicyclic) bond motifs is 2. The lowest BCUT2D eigenvalue weighted by Gasteiger charge is -2.44. The average molecular weight is 1350 g/mol. The van der Waals surface area contributed by atoms with Crippen LogP contribution >= 0.6 is 0 Å². The van der Waals surface area contributed by atoms with E-state index in [1.54, 1.807) is 28.8 Å². The molecule has 0 aromatic heterocycles. The first-order chi connectivity index (χ1) is 46.4. The smallest absolute Gasteiger partial charge is 0.416 e. The van der Waals surface area contributed by atoms with E-state index in [0.29, 0.717) is 101 Å². The molecule has 3 fully saturated rings. The van der Waals surface area contributed by atoms with Gasteiger partial charge in [-0.15, -0.1) is 0 Å². The Labute approximate surface area is 561 Å². The highest BCUT2D eigenvalue weighted by Gasteiger charge is 2.50. The molecule has 2 atom stereocenters. The summed E-state index contributed by atoms with van der Waals surface area (Å²) in [5.74, 6) is -1.82. The third-order valence-electron chi connectivity index (χ3n) is 19.9. The average Bonchev–Trinajstić information content (AvgIpc) is 1.61. The molecule has 3 heterocycles. The van der Waals surface area contributed by atoms with Crippen molar-refractivity contribution in [3.05, 3.63) is 185 Å². The molecular weight excluding hydrogens is 1260 g/mol. The molecule has 97 heavy (non-hydrogen) atoms. The van der Waals surface area contributed by atoms with Gasteiger partial charge < -0.3 is 49.3 Å². The number of unbranched alkanes of at least 4 members (excludes halogenated alkanes) is 2. The van der Waals surface area contributed by atoms with Crippen LogP contribution in [0.5, 0.6) is 0 Å². The molecule has 0 unspecified atom stereocenters. The Morgan fingerprint density at radius 1 is 0.670 bits per heavy atom. The van der Waals surface area contributed by atoms with Gasteiger partial charge in [0.1, 0.15) is 24.8 Å². The number of nitrogens with one attached hydrogen (secondary N) is 1. The van der Waals surface area contributed by atoms with Crippen LogP contribution in [0.2, 0.25) is 0 Å². The summed E-state index contributed by atoms with van der Waals surface area (Å²) in [5, 5.41) is 13.8. The molecule has 0 bridgehead atoms. The first kappa shape index (κ1) is 71.4. The van der Waals surface area contributed by atoms with E-state index >= 15 is 0 Å². The molecule has 2 N–H and O–H groups in total. The number of hydrogen-bond acceptors (Lipinski definition) is 10. The van der Waals surface area contributed by atoms with Crippen molar-refractivity contribution in [2.75, 3.05) is 115 Å². The number of hydrogen-bond donors (Lipinski definition) is 2. The number of benzene rings is 6. The van der Waals surface area contributed by atoms with Gasteiger partial charge in [0.2, 0.25) is 17.7 Å². The maximum absolute atomic E-state index is 14.2. The molecule has 1 spiro atoms. The summed E-state index contributed by atoms with van der Waals surface area (Å²) in [6, 6.07) is 39.3. The van der Waals surface area contributed by atoms with Crippen LogP contribution in [0.15, 0.2) is 146 Å². The number of para-hydroxylation sites is 1. The fraction of sp³-hybridized carbons (Fsp3) is 0.446. The quantitative estimate of drug-likeness (QED) is 0.0393. The van der Waals surface area contributed by atoms with E-state index < -0.39 is 64.6 Å². The monoisotopic (exact) mass is 1350 g/mol. The van der Waals surface area contributed by atoms with Gasteiger partial charge in [-0.25, -0.2) is 9.18 Å². The largest absolute Gasteiger partial charge is 0.465 e. The molecule has 518 valence electrons. The van der Waals surface area contributed by atoms with Gasteiger partial charge in [-0.1, -0.05) is 91.3 Å². The molecule has 3 aliphatic heterocycles. The summed E-state index contributed by atoms with van der Waals surface area (Å²) in [7, 11) is 5.26. The molecule has 6 aromatic rings. The standard InChI is InChI=1S/C74H85F7N8O8/c1-83(37-14-22-67(91)85(3)60-29-27-59(28-30-60)82-36-13-5-8-21-66(90)84(2)43-44-86-38-31-61(32-39-86)89(70(94)95)64-20-12-10-18-62(64)52-15-6-4-7-16-52)68(92)49-96-65-47-53-17-9-11-19-63(53)71(65)33-40-87(41-34-71)42-35-72(55-23-25-58(75)26-24-55)50-88(51-97-72)69(93)54-45-56(73(76,77)78)48-57(46-54)74(79,80)81/h4,6-7,9-12,15-20,23-30,45-46,48,61,65,82H,5,8,13-14,21-22,31-44,47,49-51H2,1-3H3,(H,94,95)/t65-,72+/m0/s1. The summed E-state index contributed by atoms with van der Waals surface area (Å²) in [6.07, 6.45) is -4.35. The number of likely N-dealkylation sites (tertiary alicyclic amines) is 2. The molecule has 4 aliphatic rings. The van der Waals surface area contributed by atoms with Crippen molar-refractivity contribution < 1.29 is 69.3 Å². The minimum atomic E-state index is -5.15. The zero-order valence-corrected chi connectivity index (χ0v) is 55.1. The van der Waals surface area contributed by atoms with E-state index in [9.17, 15) is 59.8 Å². The number of amides is 5. The van der Waals surface area contributed by atoms with E-state index in [-0.39, 0.29) is 61.9 Å². The Bertz CT molecular complexity index is 3650. The maximum atomic E-state index is 14.2. The van der Waals surface area contributed by atoms with Crippen molar-refractivity contribution in [3.8, 4) is 11.1 Å². The number of likely N-dealkylation sites (N-methyl/N-ethyl adjacent to an activating group) is 2. The van der Waals surface area contributed by atoms with Crippen LogP contribution in [-0.4, -0.2) is 171 Å². The number of piperidine rings is 2. The fourth-order valence-corrected chi connectivity index (χ4v) is 14.1. The Kier molecular flexibility index (Phi) is 23.1. The minimum Gasteiger partial charge on any atom is -0.465 e. The van der Waals surface area contributed by atoms with E-state index in [4.69, 9.17) is 9.47 Å². The summed E-state index contributed by atoms with van der Waals surface area (Å²) < 4.78 is 110. The molecule has 23 heteroatoms. The lowest BCUT2D eigenvalue weighted by atomic mass is 9.72. The number of carbonyl (C=O) groups excluding carboxylic acids is 4. The number of rotatable bonds is 26. The molecule has 5 amide bonds. The second kappa shape index (κ2) is 31.4. The molecule has 6 aromatic carbocycles. The third-order valence-corrected chi connectivity index (χ3v) is 19.9. The van der Waals surface area contributed by atoms with Gasteiger partial charge in [-0.05, 0) is 154 Å². The van der Waals surface area contributed by atoms with E-state index in [2.05, 4.69) is 27.2 Å². The Morgan fingerprint density at radius 2 is 1.30 bits per heavy atom. The summed E-state index contributed by atoms with van der Waals surface area (Å²) in [6.45, 7) is 4.69. The number of carbonyl (C=O) groups is 5. The molecule has 16 nitrogen and oxygen atoms in total. The molecule has 10 rings (SSSR count). The van der Waals surface area contributed by atoms with Crippen molar-refractivity contribution in [1.29, 1.82) is 0 Å². The van der Waals surface area contributed by atoms with E-state index in [1.165, 1.54) is 29.2 Å². The molecule has 0 radical (unpaired) electrons. The van der Waals surface area contributed by atoms with E-state index in [1.807, 2.05) is 98.0 Å². The second-order valence-corrected chi connectivity index (χ2v) is 26.1. The predicted molar refractivity (Wildman–Crippen MR) is 357 cm³/mol. The molecular formula is C74H85F7N8O8. The molecule has 3 saturated heterocycles. The number of halogens is 7. The van der Waals surface area contributed by atoms with E-state index in [0.717, 1.165) is 84.0 Å². The van der Waals surface area contributed by atoms with Gasteiger partial charge >= 0.3 is 18.4 Å². The Balaban J connectivity index is 0.616. The lowest BCUT2D eigenvalue weighted by molar-refractivity contribution is -0.143. The fourth-order valence-electron chi connectivity index (χ4n) is 14.1. The van der Waals surface area contributed by atoms with Crippen LogP contribution < -0.4 is 15.1 Å². The van der Waals surface area contributed by atoms with Crippen molar-refractivity contribution >= 4 is 46.8 Å². The van der Waals surface area contributed by atoms with Crippen LogP contribution in [0, 0.1) is 5.82 Å². The van der Waals surface area contributed by atoms with Crippen LogP contribution in [0.1, 0.15) is 109 Å². The summed E-state index contributed by atoms with van der Waals surface area (Å²) in [5.41, 5.74) is 1.28. The SMILES string of the molecule is CN(CCN1CCC(N(C(=O)O)c2ccccc2-c2ccccc2)CC1)C(=O)CCCCCNc1ccc(N(C)C(=O)CCCN(C)C(=O)CO[C@H]2Cc3ccccc3C23CCN(CC[C@]2(c4ccc(F)cc4)CN(C(=O)c4cc(C(F)(F)F)cc(C(F)(F)F)c4)CO2)CC3)cc1. The zero-order valence-electron chi connectivity index (χ0n) is 55.1. The highest BCUT2D eigenvalue weighted by atomic mass is 19.4. The Morgan fingerprint density at radius 3 is 1.98 bits per heavy atom. The number of alkyl halides is 6. The maximum Gasteiger partial charge on any atom is 0.416 e. The predicted octanol–water partition coefficient (Wildman–Crippen LogP) is 13.2. The topological polar surface area (TPSA) is 159 Å². The highest BCUT2D eigenvalue weighted by Crippen LogP contribution is 2.49. The molecule has 1 aliphatic carbocycles. The van der Waals surface area contributed by atoms with Crippen molar-refractivity contribution in [2.24, 2.45) is 0 Å².